The van der Waals surface area contributed by atoms with Crippen LogP contribution < -0.4 is 9.62 Å². The summed E-state index contributed by atoms with van der Waals surface area (Å²) in [5.74, 6) is -3.65. The monoisotopic (exact) mass is 601 g/mol. The van der Waals surface area contributed by atoms with E-state index < -0.39 is 28.1 Å². The quantitative estimate of drug-likeness (QED) is 0.258. The third-order valence-electron chi connectivity index (χ3n) is 5.40. The first kappa shape index (κ1) is 32.4. The van der Waals surface area contributed by atoms with E-state index in [9.17, 15) is 31.5 Å². The highest BCUT2D eigenvalue weighted by Crippen LogP contribution is 2.28. The lowest BCUT2D eigenvalue weighted by molar-refractivity contribution is -0.192. The lowest BCUT2D eigenvalue weighted by Gasteiger charge is -2.25. The SMILES string of the molecule is CCCCN(Cc1ccccc1)c1ncc(NS(=O)(=O)c2cccc(Cl)c2C)cc1C(=O)O.O=C(O)C(F)(F)F. The minimum absolute atomic E-state index is 0.0181. The summed E-state index contributed by atoms with van der Waals surface area (Å²) in [6.07, 6.45) is -1.95. The van der Waals surface area contributed by atoms with Crippen LogP contribution in [-0.4, -0.2) is 48.3 Å². The van der Waals surface area contributed by atoms with Crippen LogP contribution in [0, 0.1) is 6.92 Å². The van der Waals surface area contributed by atoms with Crippen LogP contribution in [0.1, 0.15) is 41.3 Å². The number of unbranched alkanes of at least 4 members (excludes halogenated alkanes) is 1. The average Bonchev–Trinajstić information content (AvgIpc) is 2.88. The molecule has 0 bridgehead atoms. The maximum Gasteiger partial charge on any atom is 0.490 e. The summed E-state index contributed by atoms with van der Waals surface area (Å²) in [7, 11) is -3.99. The van der Waals surface area contributed by atoms with Gasteiger partial charge in [-0.1, -0.05) is 61.3 Å². The van der Waals surface area contributed by atoms with E-state index >= 15 is 0 Å². The minimum Gasteiger partial charge on any atom is -0.478 e. The zero-order chi connectivity index (χ0) is 30.1. The van der Waals surface area contributed by atoms with E-state index in [0.717, 1.165) is 18.4 Å². The number of sulfonamides is 1. The normalized spacial score (nSPS) is 11.2. The molecular weight excluding hydrogens is 575 g/mol. The first-order valence-corrected chi connectivity index (χ1v) is 13.6. The van der Waals surface area contributed by atoms with Gasteiger partial charge in [0.2, 0.25) is 0 Å². The van der Waals surface area contributed by atoms with Gasteiger partial charge in [0.05, 0.1) is 16.8 Å². The molecule has 3 N–H and O–H groups in total. The van der Waals surface area contributed by atoms with E-state index in [1.54, 1.807) is 19.1 Å². The van der Waals surface area contributed by atoms with E-state index in [4.69, 9.17) is 21.5 Å². The number of aromatic carboxylic acids is 1. The number of anilines is 2. The Morgan fingerprint density at radius 2 is 1.70 bits per heavy atom. The molecule has 1 heterocycles. The number of carboxylic acids is 2. The number of carboxylic acid groups (broad SMARTS) is 2. The number of pyridine rings is 1. The third kappa shape index (κ3) is 9.12. The maximum atomic E-state index is 12.9. The van der Waals surface area contributed by atoms with E-state index in [2.05, 4.69) is 16.6 Å². The summed E-state index contributed by atoms with van der Waals surface area (Å²) >= 11 is 6.07. The zero-order valence-electron chi connectivity index (χ0n) is 21.4. The van der Waals surface area contributed by atoms with Crippen LogP contribution in [0.15, 0.2) is 65.7 Å². The van der Waals surface area contributed by atoms with Crippen LogP contribution in [0.2, 0.25) is 5.02 Å². The summed E-state index contributed by atoms with van der Waals surface area (Å²) in [5, 5.41) is 17.3. The Labute approximate surface area is 234 Å². The van der Waals surface area contributed by atoms with Crippen molar-refractivity contribution >= 4 is 45.1 Å². The van der Waals surface area contributed by atoms with Gasteiger partial charge in [0, 0.05) is 18.1 Å². The summed E-state index contributed by atoms with van der Waals surface area (Å²) in [6, 6.07) is 15.6. The first-order chi connectivity index (χ1) is 18.7. The van der Waals surface area contributed by atoms with E-state index in [1.807, 2.05) is 35.2 Å². The lowest BCUT2D eigenvalue weighted by atomic mass is 10.1. The first-order valence-electron chi connectivity index (χ1n) is 11.8. The zero-order valence-corrected chi connectivity index (χ0v) is 23.0. The van der Waals surface area contributed by atoms with Gasteiger partial charge in [-0.3, -0.25) is 4.72 Å². The predicted molar refractivity (Wildman–Crippen MR) is 144 cm³/mol. The van der Waals surface area contributed by atoms with Crippen LogP contribution in [0.25, 0.3) is 0 Å². The molecule has 0 saturated carbocycles. The smallest absolute Gasteiger partial charge is 0.478 e. The predicted octanol–water partition coefficient (Wildman–Crippen LogP) is 5.98. The molecule has 0 aliphatic rings. The summed E-state index contributed by atoms with van der Waals surface area (Å²) in [6.45, 7) is 4.77. The number of benzene rings is 2. The van der Waals surface area contributed by atoms with Crippen molar-refractivity contribution in [3.8, 4) is 0 Å². The van der Waals surface area contributed by atoms with E-state index in [1.165, 1.54) is 18.3 Å². The lowest BCUT2D eigenvalue weighted by Crippen LogP contribution is -2.27. The number of nitrogens with one attached hydrogen (secondary N) is 1. The summed E-state index contributed by atoms with van der Waals surface area (Å²) in [5.41, 5.74) is 1.41. The van der Waals surface area contributed by atoms with Gasteiger partial charge in [-0.05, 0) is 42.7 Å². The highest BCUT2D eigenvalue weighted by atomic mass is 35.5. The highest BCUT2D eigenvalue weighted by Gasteiger charge is 2.38. The van der Waals surface area contributed by atoms with E-state index in [0.29, 0.717) is 29.5 Å². The third-order valence-corrected chi connectivity index (χ3v) is 7.33. The number of hydrogen-bond acceptors (Lipinski definition) is 6. The molecule has 3 rings (SSSR count). The molecule has 0 unspecified atom stereocenters. The highest BCUT2D eigenvalue weighted by molar-refractivity contribution is 7.92. The van der Waals surface area contributed by atoms with Crippen molar-refractivity contribution in [3.63, 3.8) is 0 Å². The van der Waals surface area contributed by atoms with Crippen molar-refractivity contribution in [3.05, 3.63) is 82.5 Å². The Morgan fingerprint density at radius 3 is 2.25 bits per heavy atom. The van der Waals surface area contributed by atoms with Crippen molar-refractivity contribution in [2.75, 3.05) is 16.2 Å². The fraction of sp³-hybridized carbons (Fsp3) is 0.269. The number of alkyl halides is 3. The van der Waals surface area contributed by atoms with Crippen molar-refractivity contribution < 1.29 is 41.4 Å². The number of rotatable bonds is 10. The van der Waals surface area contributed by atoms with E-state index in [-0.39, 0.29) is 16.1 Å². The minimum atomic E-state index is -5.08. The molecule has 0 aliphatic carbocycles. The Hall–Kier alpha value is -3.84. The largest absolute Gasteiger partial charge is 0.490 e. The second-order valence-corrected chi connectivity index (χ2v) is 10.5. The Balaban J connectivity index is 0.000000708. The molecule has 3 aromatic rings. The number of aromatic nitrogens is 1. The molecule has 0 radical (unpaired) electrons. The molecule has 0 spiro atoms. The second kappa shape index (κ2) is 14.0. The van der Waals surface area contributed by atoms with Crippen molar-refractivity contribution in [2.45, 2.75) is 44.3 Å². The molecule has 40 heavy (non-hydrogen) atoms. The average molecular weight is 602 g/mol. The molecule has 216 valence electrons. The number of carbonyl (C=O) groups is 2. The van der Waals surface area contributed by atoms with Gasteiger partial charge in [0.25, 0.3) is 10.0 Å². The number of aliphatic carboxylic acids is 1. The van der Waals surface area contributed by atoms with Gasteiger partial charge >= 0.3 is 18.1 Å². The maximum absolute atomic E-state index is 12.9. The summed E-state index contributed by atoms with van der Waals surface area (Å²) < 4.78 is 60.0. The Kier molecular flexibility index (Phi) is 11.3. The molecule has 9 nitrogen and oxygen atoms in total. The summed E-state index contributed by atoms with van der Waals surface area (Å²) in [4.78, 5) is 27.3. The molecule has 0 fully saturated rings. The molecule has 0 saturated heterocycles. The van der Waals surface area contributed by atoms with Crippen molar-refractivity contribution in [1.82, 2.24) is 4.98 Å². The molecule has 0 amide bonds. The molecule has 1 aromatic heterocycles. The number of nitrogens with zero attached hydrogens (tertiary/aromatic N) is 2. The van der Waals surface area contributed by atoms with Crippen LogP contribution >= 0.6 is 11.6 Å². The second-order valence-electron chi connectivity index (χ2n) is 8.43. The number of hydrogen-bond donors (Lipinski definition) is 3. The van der Waals surface area contributed by atoms with Gasteiger partial charge in [-0.25, -0.2) is 23.0 Å². The fourth-order valence-corrected chi connectivity index (χ4v) is 4.96. The molecule has 0 atom stereocenters. The van der Waals surface area contributed by atoms with Crippen LogP contribution in [0.4, 0.5) is 24.7 Å². The van der Waals surface area contributed by atoms with Gasteiger partial charge in [0.1, 0.15) is 11.4 Å². The molecular formula is C26H27ClF3N3O6S. The van der Waals surface area contributed by atoms with Crippen LogP contribution in [0.5, 0.6) is 0 Å². The van der Waals surface area contributed by atoms with Crippen molar-refractivity contribution in [2.24, 2.45) is 0 Å². The van der Waals surface area contributed by atoms with Gasteiger partial charge in [-0.15, -0.1) is 0 Å². The Bertz CT molecular complexity index is 1440. The van der Waals surface area contributed by atoms with Gasteiger partial charge < -0.3 is 15.1 Å². The Morgan fingerprint density at radius 1 is 1.07 bits per heavy atom. The topological polar surface area (TPSA) is 137 Å². The van der Waals surface area contributed by atoms with Crippen molar-refractivity contribution in [1.29, 1.82) is 0 Å². The van der Waals surface area contributed by atoms with Gasteiger partial charge in [-0.2, -0.15) is 13.2 Å². The standard InChI is InChI=1S/C24H26ClN3O4S.C2HF3O2/c1-3-4-13-28(16-18-9-6-5-7-10-18)23-20(24(29)30)14-19(15-26-23)27-33(31,32)22-12-8-11-21(25)17(22)2;3-2(4,5)1(6)7/h5-12,14-15,27H,3-4,13,16H2,1-2H3,(H,29,30);(H,6,7). The number of halogens is 4. The van der Waals surface area contributed by atoms with Crippen LogP contribution in [-0.2, 0) is 21.4 Å². The molecule has 2 aromatic carbocycles. The fourth-order valence-electron chi connectivity index (χ4n) is 3.42. The van der Waals surface area contributed by atoms with Gasteiger partial charge in [0.15, 0.2) is 0 Å². The van der Waals surface area contributed by atoms with Crippen LogP contribution in [0.3, 0.4) is 0 Å². The molecule has 0 aliphatic heterocycles. The molecule has 14 heteroatoms.